The molecule has 0 saturated heterocycles. The average molecular weight is 238 g/mol. The number of aliphatic hydroxyl groups is 1. The molecule has 0 amide bonds. The first-order chi connectivity index (χ1) is 7.67. The molecule has 1 aromatic carbocycles. The molecule has 1 aromatic rings. The van der Waals surface area contributed by atoms with Crippen molar-refractivity contribution in [2.75, 3.05) is 5.75 Å². The molecule has 1 N–H and O–H groups in total. The van der Waals surface area contributed by atoms with Gasteiger partial charge in [-0.2, -0.15) is 0 Å². The summed E-state index contributed by atoms with van der Waals surface area (Å²) in [6.45, 7) is 6.50. The van der Waals surface area contributed by atoms with Gasteiger partial charge in [0, 0.05) is 4.90 Å². The van der Waals surface area contributed by atoms with Crippen molar-refractivity contribution in [2.24, 2.45) is 5.92 Å². The van der Waals surface area contributed by atoms with Crippen molar-refractivity contribution < 1.29 is 5.11 Å². The van der Waals surface area contributed by atoms with Crippen LogP contribution in [0.5, 0.6) is 0 Å². The third kappa shape index (κ3) is 4.18. The molecule has 0 saturated carbocycles. The van der Waals surface area contributed by atoms with Crippen LogP contribution < -0.4 is 0 Å². The second-order valence-electron chi connectivity index (χ2n) is 4.27. The maximum absolute atomic E-state index is 10.0. The summed E-state index contributed by atoms with van der Waals surface area (Å²) in [5, 5.41) is 10.0. The normalized spacial score (nSPS) is 14.8. The highest BCUT2D eigenvalue weighted by Crippen LogP contribution is 2.25. The van der Waals surface area contributed by atoms with Gasteiger partial charge in [0.1, 0.15) is 0 Å². The number of aliphatic hydroxyl groups excluding tert-OH is 1. The number of benzene rings is 1. The molecule has 2 atom stereocenters. The Morgan fingerprint density at radius 1 is 1.19 bits per heavy atom. The SMILES string of the molecule is CCSc1ccc(C(O)CC(C)CC)cc1. The summed E-state index contributed by atoms with van der Waals surface area (Å²) in [6, 6.07) is 8.29. The van der Waals surface area contributed by atoms with E-state index in [1.54, 1.807) is 0 Å². The maximum atomic E-state index is 10.0. The Labute approximate surface area is 103 Å². The van der Waals surface area contributed by atoms with Gasteiger partial charge in [-0.05, 0) is 35.8 Å². The van der Waals surface area contributed by atoms with Crippen molar-refractivity contribution in [3.63, 3.8) is 0 Å². The van der Waals surface area contributed by atoms with Gasteiger partial charge >= 0.3 is 0 Å². The fourth-order valence-corrected chi connectivity index (χ4v) is 2.30. The summed E-state index contributed by atoms with van der Waals surface area (Å²) in [5.41, 5.74) is 1.04. The van der Waals surface area contributed by atoms with E-state index in [2.05, 4.69) is 32.9 Å². The molecule has 0 spiro atoms. The first-order valence-electron chi connectivity index (χ1n) is 6.08. The van der Waals surface area contributed by atoms with E-state index in [0.717, 1.165) is 24.2 Å². The molecule has 0 bridgehead atoms. The van der Waals surface area contributed by atoms with Crippen molar-refractivity contribution in [3.8, 4) is 0 Å². The minimum absolute atomic E-state index is 0.310. The van der Waals surface area contributed by atoms with Crippen LogP contribution in [0.4, 0.5) is 0 Å². The molecular formula is C14H22OS. The Morgan fingerprint density at radius 2 is 1.81 bits per heavy atom. The van der Waals surface area contributed by atoms with Crippen LogP contribution in [0, 0.1) is 5.92 Å². The lowest BCUT2D eigenvalue weighted by Gasteiger charge is -2.15. The van der Waals surface area contributed by atoms with Gasteiger partial charge in [-0.3, -0.25) is 0 Å². The number of hydrogen-bond acceptors (Lipinski definition) is 2. The van der Waals surface area contributed by atoms with Gasteiger partial charge in [0.05, 0.1) is 6.10 Å². The fraction of sp³-hybridized carbons (Fsp3) is 0.571. The first-order valence-corrected chi connectivity index (χ1v) is 7.06. The lowest BCUT2D eigenvalue weighted by atomic mass is 9.96. The van der Waals surface area contributed by atoms with Crippen LogP contribution in [0.15, 0.2) is 29.2 Å². The van der Waals surface area contributed by atoms with Crippen LogP contribution in [0.2, 0.25) is 0 Å². The van der Waals surface area contributed by atoms with E-state index in [0.29, 0.717) is 5.92 Å². The van der Waals surface area contributed by atoms with Gasteiger partial charge in [0.25, 0.3) is 0 Å². The van der Waals surface area contributed by atoms with E-state index in [9.17, 15) is 5.11 Å². The maximum Gasteiger partial charge on any atom is 0.0792 e. The zero-order valence-electron chi connectivity index (χ0n) is 10.4. The molecule has 16 heavy (non-hydrogen) atoms. The highest BCUT2D eigenvalue weighted by molar-refractivity contribution is 7.99. The molecule has 0 aliphatic rings. The lowest BCUT2D eigenvalue weighted by Crippen LogP contribution is -2.03. The molecule has 0 aliphatic heterocycles. The Balaban J connectivity index is 2.59. The summed E-state index contributed by atoms with van der Waals surface area (Å²) in [7, 11) is 0. The minimum Gasteiger partial charge on any atom is -0.388 e. The third-order valence-electron chi connectivity index (χ3n) is 2.90. The monoisotopic (exact) mass is 238 g/mol. The summed E-state index contributed by atoms with van der Waals surface area (Å²) < 4.78 is 0. The van der Waals surface area contributed by atoms with Crippen molar-refractivity contribution in [3.05, 3.63) is 29.8 Å². The van der Waals surface area contributed by atoms with Crippen molar-refractivity contribution in [2.45, 2.75) is 44.6 Å². The van der Waals surface area contributed by atoms with Crippen molar-refractivity contribution in [1.82, 2.24) is 0 Å². The van der Waals surface area contributed by atoms with Crippen LogP contribution in [-0.2, 0) is 0 Å². The van der Waals surface area contributed by atoms with Gasteiger partial charge in [-0.15, -0.1) is 11.8 Å². The Kier molecular flexibility index (Phi) is 5.93. The molecule has 0 aliphatic carbocycles. The van der Waals surface area contributed by atoms with Gasteiger partial charge in [-0.25, -0.2) is 0 Å². The smallest absolute Gasteiger partial charge is 0.0792 e. The standard InChI is InChI=1S/C14H22OS/c1-4-11(3)10-14(15)12-6-8-13(9-7-12)16-5-2/h6-9,11,14-15H,4-5,10H2,1-3H3. The van der Waals surface area contributed by atoms with E-state index in [1.165, 1.54) is 4.90 Å². The molecular weight excluding hydrogens is 216 g/mol. The minimum atomic E-state index is -0.310. The van der Waals surface area contributed by atoms with Crippen LogP contribution in [-0.4, -0.2) is 10.9 Å². The van der Waals surface area contributed by atoms with E-state index < -0.39 is 0 Å². The summed E-state index contributed by atoms with van der Waals surface area (Å²) in [4.78, 5) is 1.28. The molecule has 2 heteroatoms. The summed E-state index contributed by atoms with van der Waals surface area (Å²) in [5.74, 6) is 1.68. The molecule has 2 unspecified atom stereocenters. The molecule has 90 valence electrons. The molecule has 0 aromatic heterocycles. The van der Waals surface area contributed by atoms with Crippen molar-refractivity contribution in [1.29, 1.82) is 0 Å². The van der Waals surface area contributed by atoms with Gasteiger partial charge in [0.2, 0.25) is 0 Å². The highest BCUT2D eigenvalue weighted by atomic mass is 32.2. The summed E-state index contributed by atoms with van der Waals surface area (Å²) in [6.07, 6.45) is 1.67. The van der Waals surface area contributed by atoms with Crippen LogP contribution in [0.3, 0.4) is 0 Å². The number of rotatable bonds is 6. The fourth-order valence-electron chi connectivity index (χ4n) is 1.64. The molecule has 0 fully saturated rings. The summed E-state index contributed by atoms with van der Waals surface area (Å²) >= 11 is 1.83. The molecule has 0 heterocycles. The van der Waals surface area contributed by atoms with Crippen LogP contribution >= 0.6 is 11.8 Å². The van der Waals surface area contributed by atoms with Gasteiger partial charge < -0.3 is 5.11 Å². The largest absolute Gasteiger partial charge is 0.388 e. The Morgan fingerprint density at radius 3 is 2.31 bits per heavy atom. The van der Waals surface area contributed by atoms with E-state index in [-0.39, 0.29) is 6.10 Å². The van der Waals surface area contributed by atoms with Crippen molar-refractivity contribution >= 4 is 11.8 Å². The number of hydrogen-bond donors (Lipinski definition) is 1. The zero-order valence-corrected chi connectivity index (χ0v) is 11.3. The second-order valence-corrected chi connectivity index (χ2v) is 5.60. The predicted molar refractivity (Wildman–Crippen MR) is 71.9 cm³/mol. The third-order valence-corrected chi connectivity index (χ3v) is 3.79. The van der Waals surface area contributed by atoms with Crippen LogP contribution in [0.1, 0.15) is 45.3 Å². The van der Waals surface area contributed by atoms with Crippen LogP contribution in [0.25, 0.3) is 0 Å². The topological polar surface area (TPSA) is 20.2 Å². The average Bonchev–Trinajstić information content (AvgIpc) is 2.30. The number of thioether (sulfide) groups is 1. The Bertz CT molecular complexity index is 294. The lowest BCUT2D eigenvalue weighted by molar-refractivity contribution is 0.146. The highest BCUT2D eigenvalue weighted by Gasteiger charge is 2.10. The molecule has 0 radical (unpaired) electrons. The first kappa shape index (κ1) is 13.6. The van der Waals surface area contributed by atoms with E-state index in [1.807, 2.05) is 23.9 Å². The quantitative estimate of drug-likeness (QED) is 0.747. The Hall–Kier alpha value is -0.470. The zero-order chi connectivity index (χ0) is 12.0. The van der Waals surface area contributed by atoms with Gasteiger partial charge in [0.15, 0.2) is 0 Å². The van der Waals surface area contributed by atoms with E-state index >= 15 is 0 Å². The molecule has 1 nitrogen and oxygen atoms in total. The predicted octanol–water partition coefficient (Wildman–Crippen LogP) is 4.27. The second kappa shape index (κ2) is 6.97. The van der Waals surface area contributed by atoms with E-state index in [4.69, 9.17) is 0 Å². The van der Waals surface area contributed by atoms with Gasteiger partial charge in [-0.1, -0.05) is 39.3 Å². The molecule has 1 rings (SSSR count).